The smallest absolute Gasteiger partial charge is 0.307 e. The molecule has 1 aliphatic rings. The second-order valence-corrected chi connectivity index (χ2v) is 7.82. The Hall–Kier alpha value is -0.820. The van der Waals surface area contributed by atoms with Crippen molar-refractivity contribution in [1.82, 2.24) is 4.31 Å². The number of benzene rings is 1. The fourth-order valence-electron chi connectivity index (χ4n) is 2.38. The Morgan fingerprint density at radius 1 is 1.29 bits per heavy atom. The minimum Gasteiger partial charge on any atom is -0.481 e. The quantitative estimate of drug-likeness (QED) is 0.908. The van der Waals surface area contributed by atoms with Crippen LogP contribution in [0.2, 0.25) is 10.0 Å². The van der Waals surface area contributed by atoms with E-state index >= 15 is 0 Å². The number of carboxylic acids is 1. The molecule has 0 radical (unpaired) electrons. The maximum Gasteiger partial charge on any atom is 0.307 e. The third-order valence-electron chi connectivity index (χ3n) is 3.67. The maximum atomic E-state index is 12.7. The fourth-order valence-corrected chi connectivity index (χ4v) is 4.48. The standard InChI is InChI=1S/C13H15Cl2NO4S/c1-8-2-3-9(13(17)18)7-16(8)21(19,20)10-4-5-11(14)12(15)6-10/h4-6,8-9H,2-3,7H2,1H3,(H,17,18). The van der Waals surface area contributed by atoms with E-state index in [1.54, 1.807) is 6.92 Å². The summed E-state index contributed by atoms with van der Waals surface area (Å²) in [6.07, 6.45) is 0.988. The molecule has 0 saturated carbocycles. The van der Waals surface area contributed by atoms with Crippen LogP contribution in [0, 0.1) is 5.92 Å². The van der Waals surface area contributed by atoms with E-state index in [1.807, 2.05) is 0 Å². The van der Waals surface area contributed by atoms with Crippen LogP contribution in [0.25, 0.3) is 0 Å². The molecule has 2 unspecified atom stereocenters. The van der Waals surface area contributed by atoms with Crippen molar-refractivity contribution in [2.45, 2.75) is 30.7 Å². The molecule has 2 atom stereocenters. The molecule has 1 N–H and O–H groups in total. The van der Waals surface area contributed by atoms with Gasteiger partial charge in [-0.1, -0.05) is 23.2 Å². The summed E-state index contributed by atoms with van der Waals surface area (Å²) in [5.74, 6) is -1.66. The van der Waals surface area contributed by atoms with Gasteiger partial charge in [-0.2, -0.15) is 4.31 Å². The molecule has 0 spiro atoms. The molecule has 116 valence electrons. The highest BCUT2D eigenvalue weighted by Crippen LogP contribution is 2.31. The number of carbonyl (C=O) groups is 1. The number of rotatable bonds is 3. The van der Waals surface area contributed by atoms with E-state index in [9.17, 15) is 13.2 Å². The number of aliphatic carboxylic acids is 1. The topological polar surface area (TPSA) is 74.7 Å². The Morgan fingerprint density at radius 2 is 1.95 bits per heavy atom. The van der Waals surface area contributed by atoms with E-state index in [4.69, 9.17) is 28.3 Å². The average molecular weight is 352 g/mol. The zero-order chi connectivity index (χ0) is 15.8. The van der Waals surface area contributed by atoms with Crippen LogP contribution in [0.1, 0.15) is 19.8 Å². The van der Waals surface area contributed by atoms with Gasteiger partial charge >= 0.3 is 5.97 Å². The molecule has 1 saturated heterocycles. The second kappa shape index (κ2) is 6.12. The van der Waals surface area contributed by atoms with Gasteiger partial charge in [-0.05, 0) is 38.0 Å². The van der Waals surface area contributed by atoms with Crippen LogP contribution in [0.3, 0.4) is 0 Å². The third-order valence-corrected chi connectivity index (χ3v) is 6.39. The van der Waals surface area contributed by atoms with Gasteiger partial charge in [0, 0.05) is 12.6 Å². The number of hydrogen-bond acceptors (Lipinski definition) is 3. The zero-order valence-electron chi connectivity index (χ0n) is 11.3. The number of nitrogens with zero attached hydrogens (tertiary/aromatic N) is 1. The van der Waals surface area contributed by atoms with E-state index in [0.29, 0.717) is 12.8 Å². The molecule has 21 heavy (non-hydrogen) atoms. The van der Waals surface area contributed by atoms with Gasteiger partial charge in [0.05, 0.1) is 20.9 Å². The van der Waals surface area contributed by atoms with E-state index in [1.165, 1.54) is 22.5 Å². The van der Waals surface area contributed by atoms with Crippen LogP contribution in [-0.2, 0) is 14.8 Å². The number of carboxylic acid groups (broad SMARTS) is 1. The zero-order valence-corrected chi connectivity index (χ0v) is 13.6. The lowest BCUT2D eigenvalue weighted by Crippen LogP contribution is -2.47. The van der Waals surface area contributed by atoms with E-state index in [-0.39, 0.29) is 27.5 Å². The summed E-state index contributed by atoms with van der Waals surface area (Å²) < 4.78 is 26.6. The van der Waals surface area contributed by atoms with Crippen LogP contribution < -0.4 is 0 Å². The van der Waals surface area contributed by atoms with Gasteiger partial charge in [0.15, 0.2) is 0 Å². The number of sulfonamides is 1. The van der Waals surface area contributed by atoms with Crippen molar-refractivity contribution in [3.8, 4) is 0 Å². The lowest BCUT2D eigenvalue weighted by molar-refractivity contribution is -0.143. The highest BCUT2D eigenvalue weighted by Gasteiger charge is 2.37. The highest BCUT2D eigenvalue weighted by atomic mass is 35.5. The molecule has 0 amide bonds. The Bertz CT molecular complexity index is 662. The SMILES string of the molecule is CC1CCC(C(=O)O)CN1S(=O)(=O)c1ccc(Cl)c(Cl)c1. The summed E-state index contributed by atoms with van der Waals surface area (Å²) >= 11 is 11.7. The molecular formula is C13H15Cl2NO4S. The molecule has 1 fully saturated rings. The van der Waals surface area contributed by atoms with Gasteiger partial charge in [-0.15, -0.1) is 0 Å². The number of piperidine rings is 1. The van der Waals surface area contributed by atoms with Crippen molar-refractivity contribution >= 4 is 39.2 Å². The van der Waals surface area contributed by atoms with Crippen LogP contribution in [0.4, 0.5) is 0 Å². The van der Waals surface area contributed by atoms with Gasteiger partial charge in [0.2, 0.25) is 10.0 Å². The lowest BCUT2D eigenvalue weighted by atomic mass is 9.96. The molecule has 2 rings (SSSR count). The van der Waals surface area contributed by atoms with E-state index in [2.05, 4.69) is 0 Å². The Kier molecular flexibility index (Phi) is 4.82. The van der Waals surface area contributed by atoms with Crippen LogP contribution >= 0.6 is 23.2 Å². The summed E-state index contributed by atoms with van der Waals surface area (Å²) in [6.45, 7) is 1.74. The first-order chi connectivity index (χ1) is 9.73. The third kappa shape index (κ3) is 3.34. The van der Waals surface area contributed by atoms with E-state index < -0.39 is 21.9 Å². The summed E-state index contributed by atoms with van der Waals surface area (Å²) in [5, 5.41) is 9.52. The Morgan fingerprint density at radius 3 is 2.52 bits per heavy atom. The predicted octanol–water partition coefficient (Wildman–Crippen LogP) is 2.87. The molecule has 5 nitrogen and oxygen atoms in total. The van der Waals surface area contributed by atoms with Gasteiger partial charge in [0.25, 0.3) is 0 Å². The maximum absolute atomic E-state index is 12.7. The molecule has 1 heterocycles. The largest absolute Gasteiger partial charge is 0.481 e. The molecule has 1 aromatic rings. The first-order valence-electron chi connectivity index (χ1n) is 6.43. The van der Waals surface area contributed by atoms with Crippen molar-refractivity contribution in [1.29, 1.82) is 0 Å². The molecule has 0 aromatic heterocycles. The molecule has 1 aromatic carbocycles. The minimum absolute atomic E-state index is 0.0230. The van der Waals surface area contributed by atoms with Gasteiger partial charge in [0.1, 0.15) is 0 Å². The van der Waals surface area contributed by atoms with Crippen LogP contribution in [0.5, 0.6) is 0 Å². The normalized spacial score (nSPS) is 24.0. The van der Waals surface area contributed by atoms with Gasteiger partial charge < -0.3 is 5.11 Å². The molecule has 0 aliphatic carbocycles. The van der Waals surface area contributed by atoms with Crippen LogP contribution in [0.15, 0.2) is 23.1 Å². The molecular weight excluding hydrogens is 337 g/mol. The highest BCUT2D eigenvalue weighted by molar-refractivity contribution is 7.89. The van der Waals surface area contributed by atoms with Gasteiger partial charge in [-0.3, -0.25) is 4.79 Å². The second-order valence-electron chi connectivity index (χ2n) is 5.11. The number of hydrogen-bond donors (Lipinski definition) is 1. The van der Waals surface area contributed by atoms with Crippen molar-refractivity contribution in [3.63, 3.8) is 0 Å². The lowest BCUT2D eigenvalue weighted by Gasteiger charge is -2.35. The molecule has 8 heteroatoms. The molecule has 1 aliphatic heterocycles. The van der Waals surface area contributed by atoms with Crippen molar-refractivity contribution in [3.05, 3.63) is 28.2 Å². The first-order valence-corrected chi connectivity index (χ1v) is 8.62. The summed E-state index contributed by atoms with van der Waals surface area (Å²) in [5.41, 5.74) is 0. The monoisotopic (exact) mass is 351 g/mol. The van der Waals surface area contributed by atoms with E-state index in [0.717, 1.165) is 0 Å². The first kappa shape index (κ1) is 16.5. The summed E-state index contributed by atoms with van der Waals surface area (Å²) in [6, 6.07) is 3.83. The van der Waals surface area contributed by atoms with Gasteiger partial charge in [-0.25, -0.2) is 8.42 Å². The Balaban J connectivity index is 2.36. The Labute approximate surface area is 133 Å². The predicted molar refractivity (Wildman–Crippen MR) is 80.2 cm³/mol. The van der Waals surface area contributed by atoms with Crippen LogP contribution in [-0.4, -0.2) is 36.4 Å². The molecule has 0 bridgehead atoms. The average Bonchev–Trinajstić information content (AvgIpc) is 2.41. The summed E-state index contributed by atoms with van der Waals surface area (Å²) in [7, 11) is -3.79. The summed E-state index contributed by atoms with van der Waals surface area (Å²) in [4.78, 5) is 11.1. The number of halogens is 2. The van der Waals surface area contributed by atoms with Crippen molar-refractivity contribution < 1.29 is 18.3 Å². The fraction of sp³-hybridized carbons (Fsp3) is 0.462. The minimum atomic E-state index is -3.79. The van der Waals surface area contributed by atoms with Crippen molar-refractivity contribution in [2.75, 3.05) is 6.54 Å². The van der Waals surface area contributed by atoms with Crippen molar-refractivity contribution in [2.24, 2.45) is 5.92 Å².